The number of nitrogens with zero attached hydrogens (tertiary/aromatic N) is 1. The number of carbonyl (C=O) groups excluding carboxylic acids is 1. The van der Waals surface area contributed by atoms with Crippen LogP contribution in [-0.4, -0.2) is 23.7 Å². The van der Waals surface area contributed by atoms with Gasteiger partial charge in [-0.3, -0.25) is 9.59 Å². The first-order valence-corrected chi connectivity index (χ1v) is 10.1. The van der Waals surface area contributed by atoms with Crippen LogP contribution in [0.25, 0.3) is 0 Å². The first kappa shape index (κ1) is 24.3. The number of pyridine rings is 1. The molecule has 0 spiro atoms. The normalized spacial score (nSPS) is 12.3. The molecule has 1 unspecified atom stereocenters. The van der Waals surface area contributed by atoms with Crippen LogP contribution in [-0.2, 0) is 17.5 Å². The van der Waals surface area contributed by atoms with Crippen molar-refractivity contribution in [2.75, 3.05) is 13.2 Å². The summed E-state index contributed by atoms with van der Waals surface area (Å²) in [5.74, 6) is 0.576. The molecule has 1 aromatic heterocycles. The van der Waals surface area contributed by atoms with Gasteiger partial charge < -0.3 is 19.4 Å². The Morgan fingerprint density at radius 1 is 1.10 bits per heavy atom. The zero-order valence-electron chi connectivity index (χ0n) is 17.8. The monoisotopic (exact) mass is 440 g/mol. The fraction of sp³-hybridized carbons (Fsp3) is 0.455. The zero-order valence-corrected chi connectivity index (χ0v) is 17.8. The van der Waals surface area contributed by atoms with E-state index in [1.54, 1.807) is 25.1 Å². The number of hydrogen-bond acceptors (Lipinski definition) is 4. The van der Waals surface area contributed by atoms with Crippen molar-refractivity contribution >= 4 is 5.91 Å². The van der Waals surface area contributed by atoms with Gasteiger partial charge in [0.15, 0.2) is 11.5 Å². The maximum absolute atomic E-state index is 12.9. The molecule has 1 aromatic carbocycles. The zero-order chi connectivity index (χ0) is 23.0. The summed E-state index contributed by atoms with van der Waals surface area (Å²) in [6, 6.07) is 6.63. The Morgan fingerprint density at radius 3 is 2.35 bits per heavy atom. The molecule has 2 rings (SSSR count). The SMILES string of the molecule is CCCOc1ccc(C(C)NC(=O)Cn2cccc(C(F)(F)F)c2=O)cc1OCCC. The van der Waals surface area contributed by atoms with Crippen LogP contribution >= 0.6 is 0 Å². The molecule has 1 N–H and O–H groups in total. The van der Waals surface area contributed by atoms with Gasteiger partial charge in [-0.15, -0.1) is 0 Å². The molecule has 0 fully saturated rings. The highest BCUT2D eigenvalue weighted by Crippen LogP contribution is 2.31. The molecule has 2 aromatic rings. The van der Waals surface area contributed by atoms with Crippen molar-refractivity contribution < 1.29 is 27.4 Å². The summed E-state index contributed by atoms with van der Waals surface area (Å²) in [5, 5.41) is 2.70. The van der Waals surface area contributed by atoms with Crippen LogP contribution in [0.5, 0.6) is 11.5 Å². The predicted octanol–water partition coefficient (Wildman–Crippen LogP) is 4.32. The first-order chi connectivity index (χ1) is 14.7. The van der Waals surface area contributed by atoms with E-state index in [2.05, 4.69) is 5.32 Å². The van der Waals surface area contributed by atoms with Crippen molar-refractivity contribution in [1.29, 1.82) is 0 Å². The lowest BCUT2D eigenvalue weighted by Crippen LogP contribution is -2.35. The van der Waals surface area contributed by atoms with Crippen LogP contribution in [0.15, 0.2) is 41.3 Å². The van der Waals surface area contributed by atoms with Gasteiger partial charge in [-0.05, 0) is 49.6 Å². The molecular formula is C22H27F3N2O4. The Hall–Kier alpha value is -2.97. The van der Waals surface area contributed by atoms with E-state index >= 15 is 0 Å². The number of aromatic nitrogens is 1. The number of benzene rings is 1. The molecule has 0 saturated carbocycles. The molecule has 0 aliphatic carbocycles. The highest BCUT2D eigenvalue weighted by molar-refractivity contribution is 5.76. The van der Waals surface area contributed by atoms with Gasteiger partial charge in [-0.1, -0.05) is 19.9 Å². The number of ether oxygens (including phenoxy) is 2. The van der Waals surface area contributed by atoms with Crippen LogP contribution in [0.4, 0.5) is 13.2 Å². The topological polar surface area (TPSA) is 69.6 Å². The molecule has 0 aliphatic heterocycles. The average Bonchev–Trinajstić information content (AvgIpc) is 2.71. The van der Waals surface area contributed by atoms with Gasteiger partial charge in [-0.25, -0.2) is 0 Å². The molecule has 0 saturated heterocycles. The quantitative estimate of drug-likeness (QED) is 0.597. The summed E-state index contributed by atoms with van der Waals surface area (Å²) >= 11 is 0. The second-order valence-electron chi connectivity index (χ2n) is 7.04. The van der Waals surface area contributed by atoms with Gasteiger partial charge in [-0.2, -0.15) is 13.2 Å². The number of carbonyl (C=O) groups is 1. The van der Waals surface area contributed by atoms with Crippen LogP contribution in [0.3, 0.4) is 0 Å². The molecule has 1 atom stereocenters. The lowest BCUT2D eigenvalue weighted by atomic mass is 10.1. The second kappa shape index (κ2) is 10.9. The first-order valence-electron chi connectivity index (χ1n) is 10.1. The van der Waals surface area contributed by atoms with Gasteiger partial charge >= 0.3 is 6.18 Å². The van der Waals surface area contributed by atoms with Crippen molar-refractivity contribution in [3.05, 3.63) is 58.0 Å². The highest BCUT2D eigenvalue weighted by atomic mass is 19.4. The van der Waals surface area contributed by atoms with Gasteiger partial charge in [0.05, 0.1) is 19.3 Å². The van der Waals surface area contributed by atoms with Crippen molar-refractivity contribution in [3.8, 4) is 11.5 Å². The third-order valence-corrected chi connectivity index (χ3v) is 4.41. The molecule has 1 heterocycles. The number of rotatable bonds is 10. The average molecular weight is 440 g/mol. The summed E-state index contributed by atoms with van der Waals surface area (Å²) in [6.07, 6.45) is -1.97. The molecule has 0 aliphatic rings. The minimum absolute atomic E-state index is 0.460. The second-order valence-corrected chi connectivity index (χ2v) is 7.04. The highest BCUT2D eigenvalue weighted by Gasteiger charge is 2.34. The number of nitrogens with one attached hydrogen (secondary N) is 1. The summed E-state index contributed by atoms with van der Waals surface area (Å²) in [5.41, 5.74) is -1.83. The van der Waals surface area contributed by atoms with Crippen molar-refractivity contribution in [3.63, 3.8) is 0 Å². The van der Waals surface area contributed by atoms with Gasteiger partial charge in [0.25, 0.3) is 5.56 Å². The fourth-order valence-corrected chi connectivity index (χ4v) is 2.85. The Morgan fingerprint density at radius 2 is 1.74 bits per heavy atom. The minimum atomic E-state index is -4.78. The summed E-state index contributed by atoms with van der Waals surface area (Å²) in [4.78, 5) is 24.4. The molecule has 170 valence electrons. The maximum Gasteiger partial charge on any atom is 0.421 e. The van der Waals surface area contributed by atoms with E-state index in [9.17, 15) is 22.8 Å². The van der Waals surface area contributed by atoms with Gasteiger partial charge in [0, 0.05) is 6.20 Å². The Labute approximate surface area is 179 Å². The van der Waals surface area contributed by atoms with E-state index in [1.807, 2.05) is 13.8 Å². The number of halogens is 3. The van der Waals surface area contributed by atoms with Gasteiger partial charge in [0.1, 0.15) is 12.1 Å². The lowest BCUT2D eigenvalue weighted by Gasteiger charge is -2.18. The maximum atomic E-state index is 12.9. The fourth-order valence-electron chi connectivity index (χ4n) is 2.85. The lowest BCUT2D eigenvalue weighted by molar-refractivity contribution is -0.139. The number of alkyl halides is 3. The predicted molar refractivity (Wildman–Crippen MR) is 110 cm³/mol. The van der Waals surface area contributed by atoms with E-state index in [4.69, 9.17) is 9.47 Å². The van der Waals surface area contributed by atoms with E-state index in [-0.39, 0.29) is 0 Å². The number of hydrogen-bond donors (Lipinski definition) is 1. The standard InChI is InChI=1S/C22H27F3N2O4/c1-4-11-30-18-9-8-16(13-19(18)31-12-5-2)15(3)26-20(28)14-27-10-6-7-17(21(27)29)22(23,24)25/h6-10,13,15H,4-5,11-12,14H2,1-3H3,(H,26,28). The van der Waals surface area contributed by atoms with E-state index in [0.717, 1.165) is 35.2 Å². The van der Waals surface area contributed by atoms with Crippen molar-refractivity contribution in [2.24, 2.45) is 0 Å². The smallest absolute Gasteiger partial charge is 0.421 e. The molecule has 31 heavy (non-hydrogen) atoms. The van der Waals surface area contributed by atoms with E-state index in [0.29, 0.717) is 30.8 Å². The Balaban J connectivity index is 2.13. The van der Waals surface area contributed by atoms with Crippen LogP contribution in [0.1, 0.15) is 50.8 Å². The summed E-state index contributed by atoms with van der Waals surface area (Å²) in [6.45, 7) is 6.23. The molecule has 0 bridgehead atoms. The molecular weight excluding hydrogens is 413 g/mol. The van der Waals surface area contributed by atoms with Crippen molar-refractivity contribution in [2.45, 2.75) is 52.4 Å². The van der Waals surface area contributed by atoms with Crippen LogP contribution in [0, 0.1) is 0 Å². The third-order valence-electron chi connectivity index (χ3n) is 4.41. The summed E-state index contributed by atoms with van der Waals surface area (Å²) < 4.78 is 50.9. The molecule has 0 radical (unpaired) electrons. The number of amides is 1. The molecule has 6 nitrogen and oxygen atoms in total. The Bertz CT molecular complexity index is 941. The van der Waals surface area contributed by atoms with Crippen LogP contribution in [0.2, 0.25) is 0 Å². The van der Waals surface area contributed by atoms with Crippen molar-refractivity contribution in [1.82, 2.24) is 9.88 Å². The van der Waals surface area contributed by atoms with Gasteiger partial charge in [0.2, 0.25) is 5.91 Å². The molecule has 1 amide bonds. The van der Waals surface area contributed by atoms with E-state index in [1.165, 1.54) is 0 Å². The van der Waals surface area contributed by atoms with Crippen LogP contribution < -0.4 is 20.3 Å². The Kier molecular flexibility index (Phi) is 8.53. The van der Waals surface area contributed by atoms with E-state index < -0.39 is 35.8 Å². The summed E-state index contributed by atoms with van der Waals surface area (Å²) in [7, 11) is 0. The third kappa shape index (κ3) is 6.77. The minimum Gasteiger partial charge on any atom is -0.490 e. The molecule has 9 heteroatoms. The largest absolute Gasteiger partial charge is 0.490 e.